The van der Waals surface area contributed by atoms with E-state index in [1.165, 1.54) is 38.5 Å². The van der Waals surface area contributed by atoms with E-state index in [-0.39, 0.29) is 11.7 Å². The zero-order valence-corrected chi connectivity index (χ0v) is 12.8. The monoisotopic (exact) mass is 276 g/mol. The molecule has 3 fully saturated rings. The molecule has 0 amide bonds. The van der Waals surface area contributed by atoms with E-state index in [9.17, 15) is 9.59 Å². The topological polar surface area (TPSA) is 34.1 Å². The Hall–Kier alpha value is -0.660. The van der Waals surface area contributed by atoms with E-state index < -0.39 is 0 Å². The summed E-state index contributed by atoms with van der Waals surface area (Å²) in [5, 5.41) is 0. The molecule has 0 spiro atoms. The van der Waals surface area contributed by atoms with Crippen LogP contribution in [0.1, 0.15) is 71.1 Å². The Labute approximate surface area is 122 Å². The summed E-state index contributed by atoms with van der Waals surface area (Å²) >= 11 is 0. The first-order valence-electron chi connectivity index (χ1n) is 8.69. The van der Waals surface area contributed by atoms with E-state index in [2.05, 4.69) is 0 Å². The summed E-state index contributed by atoms with van der Waals surface area (Å²) in [7, 11) is 0. The standard InChI is InChI=1S/C18H28O2/c1-12(19)6-8-17-16-9-7-13-4-2-3-5-14(13)15(16)10-11-18(17)20/h13-17H,2-11H2,1H3. The average molecular weight is 276 g/mol. The van der Waals surface area contributed by atoms with Gasteiger partial charge in [0.2, 0.25) is 0 Å². The van der Waals surface area contributed by atoms with Crippen molar-refractivity contribution in [1.29, 1.82) is 0 Å². The summed E-state index contributed by atoms with van der Waals surface area (Å²) < 4.78 is 0. The number of ketones is 2. The van der Waals surface area contributed by atoms with Crippen LogP contribution in [0, 0.1) is 29.6 Å². The second kappa shape index (κ2) is 5.99. The predicted molar refractivity (Wildman–Crippen MR) is 79.3 cm³/mol. The minimum atomic E-state index is 0.209. The van der Waals surface area contributed by atoms with Gasteiger partial charge < -0.3 is 4.79 Å². The van der Waals surface area contributed by atoms with Crippen LogP contribution in [0.25, 0.3) is 0 Å². The third-order valence-electron chi connectivity index (χ3n) is 6.40. The molecule has 3 aliphatic carbocycles. The van der Waals surface area contributed by atoms with Gasteiger partial charge in [0.1, 0.15) is 11.6 Å². The molecule has 3 rings (SSSR count). The highest BCUT2D eigenvalue weighted by molar-refractivity contribution is 5.83. The highest BCUT2D eigenvalue weighted by Crippen LogP contribution is 2.53. The lowest BCUT2D eigenvalue weighted by atomic mass is 9.54. The van der Waals surface area contributed by atoms with E-state index in [1.807, 2.05) is 0 Å². The predicted octanol–water partition coefficient (Wildman–Crippen LogP) is 4.17. The highest BCUT2D eigenvalue weighted by atomic mass is 16.1. The van der Waals surface area contributed by atoms with Crippen LogP contribution in [0.15, 0.2) is 0 Å². The Morgan fingerprint density at radius 2 is 1.80 bits per heavy atom. The summed E-state index contributed by atoms with van der Waals surface area (Å²) in [4.78, 5) is 23.6. The molecular formula is C18H28O2. The first kappa shape index (κ1) is 14.3. The fourth-order valence-corrected chi connectivity index (χ4v) is 5.49. The van der Waals surface area contributed by atoms with Gasteiger partial charge in [-0.2, -0.15) is 0 Å². The molecule has 0 N–H and O–H groups in total. The van der Waals surface area contributed by atoms with Crippen molar-refractivity contribution >= 4 is 11.6 Å². The minimum absolute atomic E-state index is 0.209. The summed E-state index contributed by atoms with van der Waals surface area (Å²) in [6.07, 6.45) is 11.6. The van der Waals surface area contributed by atoms with Crippen LogP contribution in [0.4, 0.5) is 0 Å². The number of fused-ring (bicyclic) bond motifs is 3. The van der Waals surface area contributed by atoms with Crippen LogP contribution < -0.4 is 0 Å². The molecule has 0 radical (unpaired) electrons. The molecule has 0 aromatic carbocycles. The zero-order valence-electron chi connectivity index (χ0n) is 12.8. The number of rotatable bonds is 3. The molecular weight excluding hydrogens is 248 g/mol. The molecule has 0 aromatic heterocycles. The molecule has 0 aromatic rings. The van der Waals surface area contributed by atoms with Crippen LogP contribution in [-0.2, 0) is 9.59 Å². The molecule has 112 valence electrons. The molecule has 0 saturated heterocycles. The van der Waals surface area contributed by atoms with Gasteiger partial charge in [0.05, 0.1) is 0 Å². The van der Waals surface area contributed by atoms with Crippen LogP contribution in [-0.4, -0.2) is 11.6 Å². The summed E-state index contributed by atoms with van der Waals surface area (Å²) in [5.41, 5.74) is 0. The van der Waals surface area contributed by atoms with E-state index in [0.29, 0.717) is 18.1 Å². The smallest absolute Gasteiger partial charge is 0.136 e. The van der Waals surface area contributed by atoms with E-state index in [0.717, 1.165) is 37.0 Å². The first-order valence-corrected chi connectivity index (χ1v) is 8.69. The van der Waals surface area contributed by atoms with Crippen molar-refractivity contribution in [3.05, 3.63) is 0 Å². The third kappa shape index (κ3) is 2.71. The van der Waals surface area contributed by atoms with Crippen molar-refractivity contribution in [2.24, 2.45) is 29.6 Å². The van der Waals surface area contributed by atoms with Gasteiger partial charge in [-0.05, 0) is 62.7 Å². The Kier molecular flexibility index (Phi) is 4.28. The molecule has 0 bridgehead atoms. The van der Waals surface area contributed by atoms with Crippen molar-refractivity contribution < 1.29 is 9.59 Å². The molecule has 5 atom stereocenters. The van der Waals surface area contributed by atoms with Crippen LogP contribution >= 0.6 is 0 Å². The van der Waals surface area contributed by atoms with Gasteiger partial charge in [-0.3, -0.25) is 4.79 Å². The SMILES string of the molecule is CC(=O)CCC1C(=O)CCC2C3CCCCC3CCC12. The van der Waals surface area contributed by atoms with Crippen molar-refractivity contribution in [2.75, 3.05) is 0 Å². The lowest BCUT2D eigenvalue weighted by Gasteiger charge is -2.50. The second-order valence-corrected chi connectivity index (χ2v) is 7.47. The quantitative estimate of drug-likeness (QED) is 0.775. The molecule has 3 aliphatic rings. The van der Waals surface area contributed by atoms with Crippen LogP contribution in [0.2, 0.25) is 0 Å². The Bertz CT molecular complexity index is 387. The van der Waals surface area contributed by atoms with Gasteiger partial charge in [-0.25, -0.2) is 0 Å². The Morgan fingerprint density at radius 1 is 1.00 bits per heavy atom. The van der Waals surface area contributed by atoms with Gasteiger partial charge in [0.25, 0.3) is 0 Å². The van der Waals surface area contributed by atoms with Crippen molar-refractivity contribution in [3.63, 3.8) is 0 Å². The summed E-state index contributed by atoms with van der Waals surface area (Å²) in [6, 6.07) is 0. The largest absolute Gasteiger partial charge is 0.300 e. The molecule has 20 heavy (non-hydrogen) atoms. The van der Waals surface area contributed by atoms with Gasteiger partial charge >= 0.3 is 0 Å². The summed E-state index contributed by atoms with van der Waals surface area (Å²) in [6.45, 7) is 1.66. The Balaban J connectivity index is 1.72. The molecule has 2 heteroatoms. The second-order valence-electron chi connectivity index (χ2n) is 7.47. The third-order valence-corrected chi connectivity index (χ3v) is 6.40. The van der Waals surface area contributed by atoms with Crippen molar-refractivity contribution in [3.8, 4) is 0 Å². The number of carbonyl (C=O) groups excluding carboxylic acids is 2. The molecule has 2 nitrogen and oxygen atoms in total. The molecule has 3 saturated carbocycles. The van der Waals surface area contributed by atoms with Crippen molar-refractivity contribution in [2.45, 2.75) is 71.1 Å². The van der Waals surface area contributed by atoms with Gasteiger partial charge in [-0.15, -0.1) is 0 Å². The average Bonchev–Trinajstić information content (AvgIpc) is 2.45. The minimum Gasteiger partial charge on any atom is -0.300 e. The van der Waals surface area contributed by atoms with Crippen LogP contribution in [0.5, 0.6) is 0 Å². The van der Waals surface area contributed by atoms with Gasteiger partial charge in [0.15, 0.2) is 0 Å². The fraction of sp³-hybridized carbons (Fsp3) is 0.889. The number of carbonyl (C=O) groups is 2. The van der Waals surface area contributed by atoms with E-state index in [4.69, 9.17) is 0 Å². The highest BCUT2D eigenvalue weighted by Gasteiger charge is 2.46. The maximum absolute atomic E-state index is 12.3. The van der Waals surface area contributed by atoms with Crippen LogP contribution in [0.3, 0.4) is 0 Å². The molecule has 0 heterocycles. The van der Waals surface area contributed by atoms with Gasteiger partial charge in [0, 0.05) is 18.8 Å². The van der Waals surface area contributed by atoms with Crippen molar-refractivity contribution in [1.82, 2.24) is 0 Å². The lowest BCUT2D eigenvalue weighted by Crippen LogP contribution is -2.45. The summed E-state index contributed by atoms with van der Waals surface area (Å²) in [5.74, 6) is 4.16. The maximum Gasteiger partial charge on any atom is 0.136 e. The number of hydrogen-bond donors (Lipinski definition) is 0. The first-order chi connectivity index (χ1) is 9.66. The van der Waals surface area contributed by atoms with Gasteiger partial charge in [-0.1, -0.05) is 19.3 Å². The molecule has 5 unspecified atom stereocenters. The van der Waals surface area contributed by atoms with E-state index in [1.54, 1.807) is 6.92 Å². The number of hydrogen-bond acceptors (Lipinski definition) is 2. The van der Waals surface area contributed by atoms with E-state index >= 15 is 0 Å². The maximum atomic E-state index is 12.3. The number of Topliss-reactive ketones (excluding diaryl/α,β-unsaturated/α-hetero) is 2. The normalized spacial score (nSPS) is 40.9. The Morgan fingerprint density at radius 3 is 2.60 bits per heavy atom. The lowest BCUT2D eigenvalue weighted by molar-refractivity contribution is -0.133. The zero-order chi connectivity index (χ0) is 14.1. The molecule has 0 aliphatic heterocycles. The fourth-order valence-electron chi connectivity index (χ4n) is 5.49.